The third kappa shape index (κ3) is 3.44. The minimum Gasteiger partial charge on any atom is -0.309 e. The van der Waals surface area contributed by atoms with Gasteiger partial charge >= 0.3 is 0 Å². The summed E-state index contributed by atoms with van der Waals surface area (Å²) in [6.07, 6.45) is 0. The fourth-order valence-corrected chi connectivity index (χ4v) is 2.57. The van der Waals surface area contributed by atoms with Crippen LogP contribution in [0.15, 0.2) is 46.9 Å². The van der Waals surface area contributed by atoms with Gasteiger partial charge in [0.15, 0.2) is 0 Å². The first-order chi connectivity index (χ1) is 8.66. The lowest BCUT2D eigenvalue weighted by atomic mass is 10.1. The van der Waals surface area contributed by atoms with Crippen LogP contribution in [0.3, 0.4) is 0 Å². The summed E-state index contributed by atoms with van der Waals surface area (Å²) in [7, 11) is 0. The van der Waals surface area contributed by atoms with E-state index in [1.807, 2.05) is 0 Å². The Bertz CT molecular complexity index is 534. The number of hydrogen-bond acceptors (Lipinski definition) is 1. The van der Waals surface area contributed by atoms with Crippen LogP contribution < -0.4 is 5.32 Å². The molecule has 0 fully saturated rings. The lowest BCUT2D eigenvalue weighted by Gasteiger charge is -2.09. The predicted octanol–water partition coefficient (Wildman–Crippen LogP) is 4.36. The van der Waals surface area contributed by atoms with Crippen molar-refractivity contribution in [3.63, 3.8) is 0 Å². The average molecular weight is 304 g/mol. The maximum absolute atomic E-state index is 3.61. The predicted molar refractivity (Wildman–Crippen MR) is 80.6 cm³/mol. The molecule has 0 atom stereocenters. The van der Waals surface area contributed by atoms with Gasteiger partial charge in [-0.05, 0) is 42.2 Å². The number of nitrogens with one attached hydrogen (secondary N) is 1. The van der Waals surface area contributed by atoms with Crippen LogP contribution in [-0.4, -0.2) is 0 Å². The van der Waals surface area contributed by atoms with E-state index in [0.29, 0.717) is 0 Å². The minimum atomic E-state index is 0.884. The van der Waals surface area contributed by atoms with Crippen LogP contribution in [-0.2, 0) is 13.1 Å². The number of hydrogen-bond donors (Lipinski definition) is 1. The third-order valence-corrected chi connectivity index (χ3v) is 3.84. The summed E-state index contributed by atoms with van der Waals surface area (Å²) in [6, 6.07) is 15.0. The van der Waals surface area contributed by atoms with Crippen LogP contribution in [0, 0.1) is 13.8 Å². The van der Waals surface area contributed by atoms with Gasteiger partial charge in [-0.1, -0.05) is 52.3 Å². The first kappa shape index (κ1) is 13.3. The van der Waals surface area contributed by atoms with Crippen molar-refractivity contribution in [3.8, 4) is 0 Å². The third-order valence-electron chi connectivity index (χ3n) is 3.10. The van der Waals surface area contributed by atoms with Gasteiger partial charge in [-0.3, -0.25) is 0 Å². The molecule has 0 aliphatic carbocycles. The summed E-state index contributed by atoms with van der Waals surface area (Å²) in [5.74, 6) is 0. The van der Waals surface area contributed by atoms with Crippen molar-refractivity contribution < 1.29 is 0 Å². The molecule has 1 N–H and O–H groups in total. The molecule has 0 unspecified atom stereocenters. The van der Waals surface area contributed by atoms with Crippen molar-refractivity contribution >= 4 is 15.9 Å². The Morgan fingerprint density at radius 3 is 2.39 bits per heavy atom. The Labute approximate surface area is 117 Å². The van der Waals surface area contributed by atoms with Crippen molar-refractivity contribution in [2.24, 2.45) is 0 Å². The largest absolute Gasteiger partial charge is 0.309 e. The van der Waals surface area contributed by atoms with Gasteiger partial charge in [-0.15, -0.1) is 0 Å². The van der Waals surface area contributed by atoms with Gasteiger partial charge < -0.3 is 5.32 Å². The average Bonchev–Trinajstić information content (AvgIpc) is 2.34. The molecule has 0 radical (unpaired) electrons. The second kappa shape index (κ2) is 6.17. The molecule has 0 saturated heterocycles. The van der Waals surface area contributed by atoms with E-state index in [1.165, 1.54) is 26.7 Å². The molecule has 0 aliphatic rings. The molecule has 2 aromatic rings. The molecule has 0 bridgehead atoms. The van der Waals surface area contributed by atoms with Crippen molar-refractivity contribution in [2.75, 3.05) is 0 Å². The lowest BCUT2D eigenvalue weighted by molar-refractivity contribution is 0.689. The van der Waals surface area contributed by atoms with Crippen LogP contribution in [0.4, 0.5) is 0 Å². The van der Waals surface area contributed by atoms with E-state index in [1.54, 1.807) is 0 Å². The molecule has 0 heterocycles. The second-order valence-electron chi connectivity index (χ2n) is 4.62. The molecule has 0 aromatic heterocycles. The maximum Gasteiger partial charge on any atom is 0.0222 e. The van der Waals surface area contributed by atoms with E-state index in [0.717, 1.165) is 13.1 Å². The van der Waals surface area contributed by atoms with Gasteiger partial charge in [0.1, 0.15) is 0 Å². The fraction of sp³-hybridized carbons (Fsp3) is 0.250. The smallest absolute Gasteiger partial charge is 0.0222 e. The van der Waals surface area contributed by atoms with Crippen LogP contribution in [0.1, 0.15) is 22.3 Å². The van der Waals surface area contributed by atoms with E-state index in [2.05, 4.69) is 77.6 Å². The van der Waals surface area contributed by atoms with E-state index in [-0.39, 0.29) is 0 Å². The fourth-order valence-electron chi connectivity index (χ4n) is 1.94. The Hall–Kier alpha value is -1.12. The van der Waals surface area contributed by atoms with Crippen molar-refractivity contribution in [1.82, 2.24) is 5.32 Å². The van der Waals surface area contributed by atoms with Crippen LogP contribution in [0.25, 0.3) is 0 Å². The summed E-state index contributed by atoms with van der Waals surface area (Å²) in [5.41, 5.74) is 5.28. The summed E-state index contributed by atoms with van der Waals surface area (Å²) >= 11 is 3.61. The van der Waals surface area contributed by atoms with Crippen molar-refractivity contribution in [3.05, 3.63) is 69.2 Å². The Morgan fingerprint density at radius 1 is 0.944 bits per heavy atom. The van der Waals surface area contributed by atoms with E-state index in [9.17, 15) is 0 Å². The summed E-state index contributed by atoms with van der Waals surface area (Å²) in [4.78, 5) is 0. The normalized spacial score (nSPS) is 10.6. The molecule has 0 aliphatic heterocycles. The molecule has 94 valence electrons. The molecule has 2 aromatic carbocycles. The topological polar surface area (TPSA) is 12.0 Å². The van der Waals surface area contributed by atoms with Gasteiger partial charge in [-0.25, -0.2) is 0 Å². The zero-order chi connectivity index (χ0) is 13.0. The molecule has 0 saturated carbocycles. The molecule has 0 spiro atoms. The number of benzene rings is 2. The highest BCUT2D eigenvalue weighted by Gasteiger charge is 2.01. The number of aryl methyl sites for hydroxylation is 2. The van der Waals surface area contributed by atoms with Crippen molar-refractivity contribution in [1.29, 1.82) is 0 Å². The molecular formula is C16H18BrN. The van der Waals surface area contributed by atoms with Crippen LogP contribution >= 0.6 is 15.9 Å². The Balaban J connectivity index is 1.95. The van der Waals surface area contributed by atoms with Gasteiger partial charge in [0.2, 0.25) is 0 Å². The summed E-state index contributed by atoms with van der Waals surface area (Å²) in [6.45, 7) is 6.05. The molecule has 1 nitrogen and oxygen atoms in total. The Kier molecular flexibility index (Phi) is 4.56. The first-order valence-corrected chi connectivity index (χ1v) is 6.96. The SMILES string of the molecule is Cc1ccc(CNCc2ccccc2C)c(Br)c1. The highest BCUT2D eigenvalue weighted by atomic mass is 79.9. The highest BCUT2D eigenvalue weighted by Crippen LogP contribution is 2.18. The monoisotopic (exact) mass is 303 g/mol. The molecule has 0 amide bonds. The zero-order valence-electron chi connectivity index (χ0n) is 10.8. The van der Waals surface area contributed by atoms with E-state index >= 15 is 0 Å². The second-order valence-corrected chi connectivity index (χ2v) is 5.48. The van der Waals surface area contributed by atoms with Crippen molar-refractivity contribution in [2.45, 2.75) is 26.9 Å². The van der Waals surface area contributed by atoms with E-state index in [4.69, 9.17) is 0 Å². The van der Waals surface area contributed by atoms with Gasteiger partial charge in [0.05, 0.1) is 0 Å². The number of rotatable bonds is 4. The van der Waals surface area contributed by atoms with Crippen LogP contribution in [0.2, 0.25) is 0 Å². The van der Waals surface area contributed by atoms with Crippen LogP contribution in [0.5, 0.6) is 0 Å². The standard InChI is InChI=1S/C16H18BrN/c1-12-7-8-15(16(17)9-12)11-18-10-14-6-4-3-5-13(14)2/h3-9,18H,10-11H2,1-2H3. The zero-order valence-corrected chi connectivity index (χ0v) is 12.4. The van der Waals surface area contributed by atoms with E-state index < -0.39 is 0 Å². The first-order valence-electron chi connectivity index (χ1n) is 6.17. The molecular weight excluding hydrogens is 286 g/mol. The lowest BCUT2D eigenvalue weighted by Crippen LogP contribution is -2.13. The quantitative estimate of drug-likeness (QED) is 0.885. The van der Waals surface area contributed by atoms with Gasteiger partial charge in [-0.2, -0.15) is 0 Å². The maximum atomic E-state index is 3.61. The summed E-state index contributed by atoms with van der Waals surface area (Å²) in [5, 5.41) is 3.49. The summed E-state index contributed by atoms with van der Waals surface area (Å²) < 4.78 is 1.18. The number of halogens is 1. The minimum absolute atomic E-state index is 0.884. The van der Waals surface area contributed by atoms with Gasteiger partial charge in [0.25, 0.3) is 0 Å². The molecule has 2 heteroatoms. The molecule has 2 rings (SSSR count). The van der Waals surface area contributed by atoms with Gasteiger partial charge in [0, 0.05) is 17.6 Å². The highest BCUT2D eigenvalue weighted by molar-refractivity contribution is 9.10. The molecule has 18 heavy (non-hydrogen) atoms. The Morgan fingerprint density at radius 2 is 1.67 bits per heavy atom.